The Balaban J connectivity index is 1.58. The normalized spacial score (nSPS) is 17.1. The van der Waals surface area contributed by atoms with Gasteiger partial charge in [0.15, 0.2) is 0 Å². The summed E-state index contributed by atoms with van der Waals surface area (Å²) >= 11 is 1.62. The van der Waals surface area contributed by atoms with Gasteiger partial charge in [-0.3, -0.25) is 4.90 Å². The highest BCUT2D eigenvalue weighted by Gasteiger charge is 2.32. The zero-order valence-corrected chi connectivity index (χ0v) is 17.1. The summed E-state index contributed by atoms with van der Waals surface area (Å²) in [5.41, 5.74) is 0.300. The van der Waals surface area contributed by atoms with Gasteiger partial charge < -0.3 is 0 Å². The second kappa shape index (κ2) is 8.48. The van der Waals surface area contributed by atoms with E-state index in [1.165, 1.54) is 16.4 Å². The number of piperazine rings is 1. The number of rotatable bonds is 6. The maximum absolute atomic E-state index is 12.8. The summed E-state index contributed by atoms with van der Waals surface area (Å²) in [6, 6.07) is 4.50. The van der Waals surface area contributed by atoms with Gasteiger partial charge in [0, 0.05) is 38.1 Å². The lowest BCUT2D eigenvalue weighted by molar-refractivity contribution is -0.137. The molecule has 0 saturated carbocycles. The van der Waals surface area contributed by atoms with E-state index in [1.54, 1.807) is 11.3 Å². The number of hydrogen-bond acceptors (Lipinski definition) is 5. The number of halogens is 3. The first kappa shape index (κ1) is 21.2. The Kier molecular flexibility index (Phi) is 6.43. The number of alkyl halides is 3. The minimum absolute atomic E-state index is 0.145. The Bertz CT molecular complexity index is 905. The first-order chi connectivity index (χ1) is 13.2. The van der Waals surface area contributed by atoms with E-state index in [0.717, 1.165) is 29.3 Å². The Morgan fingerprint density at radius 2 is 1.89 bits per heavy atom. The van der Waals surface area contributed by atoms with E-state index < -0.39 is 27.5 Å². The van der Waals surface area contributed by atoms with Gasteiger partial charge in [-0.15, -0.1) is 11.3 Å². The van der Waals surface area contributed by atoms with Gasteiger partial charge in [0.25, 0.3) is 0 Å². The van der Waals surface area contributed by atoms with Crippen molar-refractivity contribution in [2.45, 2.75) is 31.8 Å². The third-order valence-corrected chi connectivity index (χ3v) is 7.51. The van der Waals surface area contributed by atoms with Crippen LogP contribution < -0.4 is 0 Å². The predicted octanol–water partition coefficient (Wildman–Crippen LogP) is 3.37. The topological polar surface area (TPSA) is 53.5 Å². The van der Waals surface area contributed by atoms with Crippen molar-refractivity contribution < 1.29 is 21.6 Å². The third kappa shape index (κ3) is 5.31. The fourth-order valence-electron chi connectivity index (χ4n) is 3.12. The van der Waals surface area contributed by atoms with Crippen LogP contribution in [0.5, 0.6) is 0 Å². The second-order valence-corrected chi connectivity index (χ2v) is 9.63. The molecule has 1 aromatic carbocycles. The Hall–Kier alpha value is -1.49. The maximum Gasteiger partial charge on any atom is 0.416 e. The molecule has 3 rings (SSSR count). The second-order valence-electron chi connectivity index (χ2n) is 6.72. The summed E-state index contributed by atoms with van der Waals surface area (Å²) < 4.78 is 65.1. The summed E-state index contributed by atoms with van der Waals surface area (Å²) in [5, 5.41) is 3.10. The number of sulfonamides is 1. The molecule has 0 bridgehead atoms. The molecular formula is C18H22F3N3O2S2. The van der Waals surface area contributed by atoms with Crippen LogP contribution in [0.1, 0.15) is 28.8 Å². The van der Waals surface area contributed by atoms with E-state index in [0.29, 0.717) is 32.7 Å². The van der Waals surface area contributed by atoms with Crippen molar-refractivity contribution in [2.24, 2.45) is 0 Å². The Morgan fingerprint density at radius 1 is 1.18 bits per heavy atom. The van der Waals surface area contributed by atoms with Crippen LogP contribution >= 0.6 is 11.3 Å². The van der Waals surface area contributed by atoms with Crippen LogP contribution in [0.3, 0.4) is 0 Å². The summed E-state index contributed by atoms with van der Waals surface area (Å²) in [5.74, 6) is -0.428. The van der Waals surface area contributed by atoms with E-state index >= 15 is 0 Å². The van der Waals surface area contributed by atoms with Crippen LogP contribution in [-0.2, 0) is 34.9 Å². The van der Waals surface area contributed by atoms with Crippen LogP contribution in [0.2, 0.25) is 0 Å². The smallest absolute Gasteiger partial charge is 0.295 e. The molecule has 1 aromatic heterocycles. The molecule has 0 spiro atoms. The lowest BCUT2D eigenvalue weighted by atomic mass is 10.1. The fourth-order valence-corrected chi connectivity index (χ4v) is 5.36. The monoisotopic (exact) mass is 433 g/mol. The quantitative estimate of drug-likeness (QED) is 0.701. The van der Waals surface area contributed by atoms with Crippen molar-refractivity contribution in [1.82, 2.24) is 14.2 Å². The van der Waals surface area contributed by atoms with Crippen LogP contribution in [0.25, 0.3) is 0 Å². The van der Waals surface area contributed by atoms with Gasteiger partial charge in [0.05, 0.1) is 22.0 Å². The number of aryl methyl sites for hydroxylation is 1. The van der Waals surface area contributed by atoms with Crippen molar-refractivity contribution in [3.63, 3.8) is 0 Å². The summed E-state index contributed by atoms with van der Waals surface area (Å²) in [6.07, 6.45) is -3.59. The van der Waals surface area contributed by atoms with Gasteiger partial charge in [-0.1, -0.05) is 25.1 Å². The summed E-state index contributed by atoms with van der Waals surface area (Å²) in [7, 11) is -3.67. The fraction of sp³-hybridized carbons (Fsp3) is 0.500. The van der Waals surface area contributed by atoms with E-state index in [4.69, 9.17) is 0 Å². The van der Waals surface area contributed by atoms with E-state index in [-0.39, 0.29) is 5.56 Å². The SMILES string of the molecule is CCc1nc(CN2CCN(S(=O)(=O)Cc3cccc(C(F)(F)F)c3)CC2)cs1. The zero-order valence-electron chi connectivity index (χ0n) is 15.4. The highest BCUT2D eigenvalue weighted by Crippen LogP contribution is 2.30. The molecule has 154 valence electrons. The van der Waals surface area contributed by atoms with Crippen molar-refractivity contribution >= 4 is 21.4 Å². The van der Waals surface area contributed by atoms with Gasteiger partial charge in [0.2, 0.25) is 10.0 Å². The lowest BCUT2D eigenvalue weighted by Crippen LogP contribution is -2.48. The number of aromatic nitrogens is 1. The molecule has 0 N–H and O–H groups in total. The molecule has 0 unspecified atom stereocenters. The summed E-state index contributed by atoms with van der Waals surface area (Å²) in [4.78, 5) is 6.67. The Labute approximate surface area is 166 Å². The molecule has 2 heterocycles. The molecule has 0 atom stereocenters. The molecule has 1 fully saturated rings. The number of nitrogens with zero attached hydrogens (tertiary/aromatic N) is 3. The minimum atomic E-state index is -4.49. The van der Waals surface area contributed by atoms with Crippen molar-refractivity contribution in [3.8, 4) is 0 Å². The summed E-state index contributed by atoms with van der Waals surface area (Å²) in [6.45, 7) is 4.52. The molecular weight excluding hydrogens is 411 g/mol. The predicted molar refractivity (Wildman–Crippen MR) is 102 cm³/mol. The average molecular weight is 434 g/mol. The van der Waals surface area contributed by atoms with Crippen LogP contribution in [0.15, 0.2) is 29.6 Å². The molecule has 0 radical (unpaired) electrons. The van der Waals surface area contributed by atoms with Gasteiger partial charge in [-0.2, -0.15) is 17.5 Å². The molecule has 1 aliphatic heterocycles. The highest BCUT2D eigenvalue weighted by molar-refractivity contribution is 7.88. The lowest BCUT2D eigenvalue weighted by Gasteiger charge is -2.33. The van der Waals surface area contributed by atoms with Crippen molar-refractivity contribution in [1.29, 1.82) is 0 Å². The molecule has 0 amide bonds. The standard InChI is InChI=1S/C18H22F3N3O2S2/c1-2-17-22-16(12-27-17)11-23-6-8-24(9-7-23)28(25,26)13-14-4-3-5-15(10-14)18(19,20)21/h3-5,10,12H,2,6-9,11,13H2,1H3. The largest absolute Gasteiger partial charge is 0.416 e. The van der Waals surface area contributed by atoms with E-state index in [2.05, 4.69) is 16.8 Å². The molecule has 5 nitrogen and oxygen atoms in total. The maximum atomic E-state index is 12.8. The number of hydrogen-bond donors (Lipinski definition) is 0. The number of thiazole rings is 1. The van der Waals surface area contributed by atoms with Crippen molar-refractivity contribution in [3.05, 3.63) is 51.5 Å². The molecule has 0 aliphatic carbocycles. The van der Waals surface area contributed by atoms with Crippen LogP contribution in [-0.4, -0.2) is 48.8 Å². The van der Waals surface area contributed by atoms with Gasteiger partial charge in [-0.25, -0.2) is 13.4 Å². The molecule has 2 aromatic rings. The molecule has 10 heteroatoms. The van der Waals surface area contributed by atoms with Crippen LogP contribution in [0.4, 0.5) is 13.2 Å². The highest BCUT2D eigenvalue weighted by atomic mass is 32.2. The molecule has 1 aliphatic rings. The molecule has 28 heavy (non-hydrogen) atoms. The van der Waals surface area contributed by atoms with Crippen LogP contribution in [0, 0.1) is 0 Å². The van der Waals surface area contributed by atoms with Gasteiger partial charge in [0.1, 0.15) is 0 Å². The van der Waals surface area contributed by atoms with Gasteiger partial charge in [-0.05, 0) is 18.1 Å². The third-order valence-electron chi connectivity index (χ3n) is 4.62. The van der Waals surface area contributed by atoms with Gasteiger partial charge >= 0.3 is 6.18 Å². The minimum Gasteiger partial charge on any atom is -0.295 e. The molecule has 1 saturated heterocycles. The van der Waals surface area contributed by atoms with Crippen molar-refractivity contribution in [2.75, 3.05) is 26.2 Å². The first-order valence-corrected chi connectivity index (χ1v) is 11.5. The number of benzene rings is 1. The zero-order chi connectivity index (χ0) is 20.4. The average Bonchev–Trinajstić information content (AvgIpc) is 3.09. The van der Waals surface area contributed by atoms with E-state index in [9.17, 15) is 21.6 Å². The first-order valence-electron chi connectivity index (χ1n) is 8.97. The Morgan fingerprint density at radius 3 is 2.50 bits per heavy atom. The van der Waals surface area contributed by atoms with E-state index in [1.807, 2.05) is 5.38 Å².